The summed E-state index contributed by atoms with van der Waals surface area (Å²) in [6, 6.07) is 6.50. The van der Waals surface area contributed by atoms with Gasteiger partial charge in [-0.2, -0.15) is 0 Å². The first-order valence-corrected chi connectivity index (χ1v) is 6.49. The zero-order valence-electron chi connectivity index (χ0n) is 11.1. The van der Waals surface area contributed by atoms with Crippen LogP contribution in [0.1, 0.15) is 32.3 Å². The van der Waals surface area contributed by atoms with E-state index in [1.807, 2.05) is 4.90 Å². The molecule has 1 saturated heterocycles. The van der Waals surface area contributed by atoms with E-state index in [0.29, 0.717) is 5.56 Å². The number of amides is 1. The van der Waals surface area contributed by atoms with Crippen molar-refractivity contribution < 1.29 is 9.18 Å². The Hall–Kier alpha value is -1.38. The third-order valence-electron chi connectivity index (χ3n) is 3.55. The molecule has 1 aliphatic heterocycles. The first kappa shape index (κ1) is 13.1. The van der Waals surface area contributed by atoms with Gasteiger partial charge in [0, 0.05) is 13.1 Å². The molecule has 1 aromatic carbocycles. The van der Waals surface area contributed by atoms with E-state index in [-0.39, 0.29) is 23.6 Å². The van der Waals surface area contributed by atoms with Crippen LogP contribution in [0.5, 0.6) is 0 Å². The number of carbonyl (C=O) groups excluding carboxylic acids is 1. The zero-order chi connectivity index (χ0) is 13.2. The Bertz CT molecular complexity index is 442. The molecule has 0 radical (unpaired) electrons. The Morgan fingerprint density at radius 1 is 1.39 bits per heavy atom. The molecule has 0 spiro atoms. The number of nitrogens with zero attached hydrogens (tertiary/aromatic N) is 1. The van der Waals surface area contributed by atoms with Crippen LogP contribution in [-0.4, -0.2) is 23.9 Å². The maximum absolute atomic E-state index is 13.5. The normalized spacial score (nSPS) is 18.7. The molecule has 1 aromatic rings. The van der Waals surface area contributed by atoms with Gasteiger partial charge in [-0.3, -0.25) is 4.79 Å². The fourth-order valence-electron chi connectivity index (χ4n) is 2.55. The number of rotatable bonds is 2. The summed E-state index contributed by atoms with van der Waals surface area (Å²) in [5, 5.41) is 0. The second-order valence-corrected chi connectivity index (χ2v) is 5.85. The Labute approximate surface area is 108 Å². The van der Waals surface area contributed by atoms with E-state index in [1.165, 1.54) is 6.07 Å². The van der Waals surface area contributed by atoms with Crippen LogP contribution in [0.2, 0.25) is 0 Å². The summed E-state index contributed by atoms with van der Waals surface area (Å²) >= 11 is 0. The molecule has 1 amide bonds. The number of benzene rings is 1. The number of hydrogen-bond acceptors (Lipinski definition) is 1. The fourth-order valence-corrected chi connectivity index (χ4v) is 2.55. The second-order valence-electron chi connectivity index (χ2n) is 5.85. The molecule has 1 heterocycles. The summed E-state index contributed by atoms with van der Waals surface area (Å²) in [4.78, 5) is 14.0. The van der Waals surface area contributed by atoms with Crippen LogP contribution in [0.3, 0.4) is 0 Å². The molecule has 3 heteroatoms. The highest BCUT2D eigenvalue weighted by molar-refractivity contribution is 5.79. The molecule has 0 aromatic heterocycles. The molecule has 2 nitrogen and oxygen atoms in total. The minimum absolute atomic E-state index is 0.0351. The van der Waals surface area contributed by atoms with Crippen molar-refractivity contribution in [3.05, 3.63) is 35.6 Å². The average Bonchev–Trinajstić information content (AvgIpc) is 2.31. The smallest absolute Gasteiger partial charge is 0.227 e. The van der Waals surface area contributed by atoms with Crippen molar-refractivity contribution in [2.75, 3.05) is 13.1 Å². The van der Waals surface area contributed by atoms with E-state index in [2.05, 4.69) is 13.8 Å². The Kier molecular flexibility index (Phi) is 3.69. The second kappa shape index (κ2) is 5.09. The van der Waals surface area contributed by atoms with E-state index in [1.54, 1.807) is 18.2 Å². The topological polar surface area (TPSA) is 20.3 Å². The lowest BCUT2D eigenvalue weighted by Gasteiger charge is -2.38. The van der Waals surface area contributed by atoms with Gasteiger partial charge in [0.05, 0.1) is 6.42 Å². The molecular weight excluding hydrogens is 229 g/mol. The van der Waals surface area contributed by atoms with Gasteiger partial charge >= 0.3 is 0 Å². The monoisotopic (exact) mass is 249 g/mol. The zero-order valence-corrected chi connectivity index (χ0v) is 11.1. The van der Waals surface area contributed by atoms with Crippen molar-refractivity contribution >= 4 is 5.91 Å². The quantitative estimate of drug-likeness (QED) is 0.789. The van der Waals surface area contributed by atoms with Crippen LogP contribution < -0.4 is 0 Å². The van der Waals surface area contributed by atoms with E-state index >= 15 is 0 Å². The Balaban J connectivity index is 2.02. The van der Waals surface area contributed by atoms with E-state index < -0.39 is 0 Å². The standard InChI is InChI=1S/C15H20FNO/c1-15(2)8-5-9-17(11-15)14(18)10-12-6-3-4-7-13(12)16/h3-4,6-7H,5,8-11H2,1-2H3. The van der Waals surface area contributed by atoms with Gasteiger partial charge in [0.15, 0.2) is 0 Å². The minimum Gasteiger partial charge on any atom is -0.342 e. The van der Waals surface area contributed by atoms with Crippen molar-refractivity contribution in [1.82, 2.24) is 4.90 Å². The molecule has 0 N–H and O–H groups in total. The summed E-state index contributed by atoms with van der Waals surface area (Å²) in [5.74, 6) is -0.255. The highest BCUT2D eigenvalue weighted by Gasteiger charge is 2.29. The average molecular weight is 249 g/mol. The van der Waals surface area contributed by atoms with E-state index in [9.17, 15) is 9.18 Å². The lowest BCUT2D eigenvalue weighted by molar-refractivity contribution is -0.133. The molecule has 0 aliphatic carbocycles. The summed E-state index contributed by atoms with van der Waals surface area (Å²) in [5.41, 5.74) is 0.675. The summed E-state index contributed by atoms with van der Waals surface area (Å²) in [6.07, 6.45) is 2.36. The third kappa shape index (κ3) is 3.09. The maximum atomic E-state index is 13.5. The van der Waals surface area contributed by atoms with E-state index in [0.717, 1.165) is 25.9 Å². The molecule has 0 saturated carbocycles. The maximum Gasteiger partial charge on any atom is 0.227 e. The summed E-state index contributed by atoms with van der Waals surface area (Å²) in [7, 11) is 0. The van der Waals surface area contributed by atoms with Crippen molar-refractivity contribution in [3.8, 4) is 0 Å². The van der Waals surface area contributed by atoms with Gasteiger partial charge in [-0.15, -0.1) is 0 Å². The third-order valence-corrected chi connectivity index (χ3v) is 3.55. The Morgan fingerprint density at radius 3 is 2.78 bits per heavy atom. The SMILES string of the molecule is CC1(C)CCCN(C(=O)Cc2ccccc2F)C1. The van der Waals surface area contributed by atoms with Gasteiger partial charge in [-0.1, -0.05) is 32.0 Å². The molecule has 18 heavy (non-hydrogen) atoms. The van der Waals surface area contributed by atoms with Crippen LogP contribution in [0, 0.1) is 11.2 Å². The van der Waals surface area contributed by atoms with Crippen molar-refractivity contribution in [1.29, 1.82) is 0 Å². The van der Waals surface area contributed by atoms with Crippen LogP contribution >= 0.6 is 0 Å². The van der Waals surface area contributed by atoms with Gasteiger partial charge in [-0.25, -0.2) is 4.39 Å². The number of carbonyl (C=O) groups is 1. The number of hydrogen-bond donors (Lipinski definition) is 0. The highest BCUT2D eigenvalue weighted by atomic mass is 19.1. The lowest BCUT2D eigenvalue weighted by Crippen LogP contribution is -2.44. The minimum atomic E-state index is -0.290. The van der Waals surface area contributed by atoms with Gasteiger partial charge in [0.25, 0.3) is 0 Å². The van der Waals surface area contributed by atoms with Crippen LogP contribution in [-0.2, 0) is 11.2 Å². The van der Waals surface area contributed by atoms with Gasteiger partial charge in [0.2, 0.25) is 5.91 Å². The molecule has 1 aliphatic rings. The van der Waals surface area contributed by atoms with Crippen molar-refractivity contribution in [2.45, 2.75) is 33.1 Å². The molecular formula is C15H20FNO. The molecule has 0 atom stereocenters. The van der Waals surface area contributed by atoms with Crippen LogP contribution in [0.25, 0.3) is 0 Å². The molecule has 2 rings (SSSR count). The molecule has 1 fully saturated rings. The lowest BCUT2D eigenvalue weighted by atomic mass is 9.84. The predicted molar refractivity (Wildman–Crippen MR) is 69.7 cm³/mol. The van der Waals surface area contributed by atoms with Crippen LogP contribution in [0.4, 0.5) is 4.39 Å². The van der Waals surface area contributed by atoms with Gasteiger partial charge in [-0.05, 0) is 29.9 Å². The first-order valence-electron chi connectivity index (χ1n) is 6.49. The van der Waals surface area contributed by atoms with Gasteiger partial charge in [0.1, 0.15) is 5.82 Å². The molecule has 98 valence electrons. The van der Waals surface area contributed by atoms with Gasteiger partial charge < -0.3 is 4.90 Å². The van der Waals surface area contributed by atoms with Crippen LogP contribution in [0.15, 0.2) is 24.3 Å². The van der Waals surface area contributed by atoms with Crippen molar-refractivity contribution in [2.24, 2.45) is 5.41 Å². The number of halogens is 1. The van der Waals surface area contributed by atoms with Crippen molar-refractivity contribution in [3.63, 3.8) is 0 Å². The fraction of sp³-hybridized carbons (Fsp3) is 0.533. The largest absolute Gasteiger partial charge is 0.342 e. The Morgan fingerprint density at radius 2 is 2.11 bits per heavy atom. The molecule has 0 unspecified atom stereocenters. The summed E-state index contributed by atoms with van der Waals surface area (Å²) in [6.45, 7) is 5.93. The highest BCUT2D eigenvalue weighted by Crippen LogP contribution is 2.28. The molecule has 0 bridgehead atoms. The predicted octanol–water partition coefficient (Wildman–Crippen LogP) is 3.02. The van der Waals surface area contributed by atoms with E-state index in [4.69, 9.17) is 0 Å². The summed E-state index contributed by atoms with van der Waals surface area (Å²) < 4.78 is 13.5. The number of likely N-dealkylation sites (tertiary alicyclic amines) is 1. The number of piperidine rings is 1. The first-order chi connectivity index (χ1) is 8.48.